The minimum atomic E-state index is -4.75. The van der Waals surface area contributed by atoms with Crippen molar-refractivity contribution >= 4 is 39.1 Å². The summed E-state index contributed by atoms with van der Waals surface area (Å²) in [5.74, 6) is -1.58. The molecule has 0 unspecified atom stereocenters. The van der Waals surface area contributed by atoms with E-state index in [0.717, 1.165) is 17.2 Å². The molecule has 0 bridgehead atoms. The first kappa shape index (κ1) is 26.1. The first-order valence-corrected chi connectivity index (χ1v) is 12.6. The maximum absolute atomic E-state index is 13.8. The molecular weight excluding hydrogens is 531 g/mol. The number of carbonyl (C=O) groups is 2. The molecule has 4 N–H and O–H groups in total. The van der Waals surface area contributed by atoms with Gasteiger partial charge in [-0.2, -0.15) is 23.4 Å². The molecular formula is C26H22F3N7O2S. The van der Waals surface area contributed by atoms with Gasteiger partial charge in [0.05, 0.1) is 17.1 Å². The Balaban J connectivity index is 1.65. The summed E-state index contributed by atoms with van der Waals surface area (Å²) in [6.45, 7) is 5.95. The van der Waals surface area contributed by atoms with Crippen LogP contribution in [0.3, 0.4) is 0 Å². The van der Waals surface area contributed by atoms with E-state index in [2.05, 4.69) is 25.6 Å². The molecule has 5 rings (SSSR count). The van der Waals surface area contributed by atoms with Crippen LogP contribution < -0.4 is 11.1 Å². The fourth-order valence-corrected chi connectivity index (χ4v) is 5.19. The summed E-state index contributed by atoms with van der Waals surface area (Å²) in [6.07, 6.45) is -3.14. The number of amides is 2. The van der Waals surface area contributed by atoms with Crippen LogP contribution in [0.4, 0.5) is 18.9 Å². The summed E-state index contributed by atoms with van der Waals surface area (Å²) in [5, 5.41) is 14.0. The number of hydrogen-bond acceptors (Lipinski definition) is 6. The number of nitrogens with one attached hydrogen (secondary N) is 2. The number of aromatic nitrogens is 5. The van der Waals surface area contributed by atoms with E-state index in [9.17, 15) is 22.8 Å². The third-order valence-electron chi connectivity index (χ3n) is 6.15. The number of rotatable bonds is 6. The van der Waals surface area contributed by atoms with Gasteiger partial charge in [-0.3, -0.25) is 19.4 Å². The summed E-state index contributed by atoms with van der Waals surface area (Å²) in [4.78, 5) is 29.2. The van der Waals surface area contributed by atoms with E-state index in [-0.39, 0.29) is 32.0 Å². The Labute approximate surface area is 223 Å². The van der Waals surface area contributed by atoms with Crippen LogP contribution in [0, 0.1) is 13.8 Å². The van der Waals surface area contributed by atoms with Gasteiger partial charge in [0, 0.05) is 29.3 Å². The summed E-state index contributed by atoms with van der Waals surface area (Å²) >= 11 is 0.677. The number of H-pyrrole nitrogens is 1. The van der Waals surface area contributed by atoms with Crippen LogP contribution in [0.5, 0.6) is 0 Å². The number of benzene rings is 1. The number of nitrogens with zero attached hydrogens (tertiary/aromatic N) is 4. The van der Waals surface area contributed by atoms with Crippen molar-refractivity contribution < 1.29 is 22.8 Å². The van der Waals surface area contributed by atoms with Crippen LogP contribution in [0.25, 0.3) is 32.6 Å². The van der Waals surface area contributed by atoms with Crippen LogP contribution in [-0.4, -0.2) is 36.8 Å². The van der Waals surface area contributed by atoms with E-state index >= 15 is 0 Å². The predicted octanol–water partition coefficient (Wildman–Crippen LogP) is 5.56. The largest absolute Gasteiger partial charge is 0.433 e. The highest BCUT2D eigenvalue weighted by Crippen LogP contribution is 2.44. The number of halogens is 3. The van der Waals surface area contributed by atoms with Crippen molar-refractivity contribution in [1.29, 1.82) is 0 Å². The van der Waals surface area contributed by atoms with Gasteiger partial charge in [0.2, 0.25) is 0 Å². The van der Waals surface area contributed by atoms with Gasteiger partial charge < -0.3 is 11.1 Å². The predicted molar refractivity (Wildman–Crippen MR) is 141 cm³/mol. The smallest absolute Gasteiger partial charge is 0.365 e. The third-order valence-corrected chi connectivity index (χ3v) is 7.24. The molecule has 13 heteroatoms. The van der Waals surface area contributed by atoms with Crippen molar-refractivity contribution in [2.24, 2.45) is 5.73 Å². The SMILES string of the molecule is CCn1cc(-c2cc(C(F)(F)F)nc3sc(C(N)=O)c(NC(=O)c4cc(-c5ccc(C)cc5)n[nH]4)c23)c(C)n1. The Bertz CT molecular complexity index is 1730. The molecule has 0 fully saturated rings. The number of primary amides is 1. The average molecular weight is 554 g/mol. The van der Waals surface area contributed by atoms with E-state index in [1.807, 2.05) is 38.1 Å². The molecule has 0 saturated carbocycles. The van der Waals surface area contributed by atoms with E-state index in [1.54, 1.807) is 17.8 Å². The Hall–Kier alpha value is -4.52. The van der Waals surface area contributed by atoms with Crippen molar-refractivity contribution in [1.82, 2.24) is 25.0 Å². The number of nitrogens with two attached hydrogens (primary N) is 1. The van der Waals surface area contributed by atoms with Gasteiger partial charge in [-0.05, 0) is 38.5 Å². The van der Waals surface area contributed by atoms with E-state index in [0.29, 0.717) is 34.8 Å². The molecule has 0 saturated heterocycles. The lowest BCUT2D eigenvalue weighted by Gasteiger charge is -2.11. The highest BCUT2D eigenvalue weighted by Gasteiger charge is 2.35. The lowest BCUT2D eigenvalue weighted by molar-refractivity contribution is -0.140. The van der Waals surface area contributed by atoms with E-state index < -0.39 is 23.7 Å². The number of alkyl halides is 3. The minimum Gasteiger partial charge on any atom is -0.365 e. The number of aromatic amines is 1. The average Bonchev–Trinajstić information content (AvgIpc) is 3.61. The summed E-state index contributed by atoms with van der Waals surface area (Å²) < 4.78 is 43.0. The monoisotopic (exact) mass is 553 g/mol. The highest BCUT2D eigenvalue weighted by atomic mass is 32.1. The standard InChI is InChI=1S/C26H22F3N7O2S/c1-4-36-11-16(13(3)35-36)15-9-19(26(27,28)29)31-25-20(15)21(22(39-25)23(30)37)32-24(38)18-10-17(33-34-18)14-7-5-12(2)6-8-14/h5-11H,4H2,1-3H3,(H2,30,37)(H,32,38)(H,33,34). The van der Waals surface area contributed by atoms with Crippen molar-refractivity contribution in [3.63, 3.8) is 0 Å². The molecule has 0 atom stereocenters. The Morgan fingerprint density at radius 2 is 1.85 bits per heavy atom. The van der Waals surface area contributed by atoms with Gasteiger partial charge in [0.1, 0.15) is 21.1 Å². The van der Waals surface area contributed by atoms with Crippen LogP contribution in [-0.2, 0) is 12.7 Å². The van der Waals surface area contributed by atoms with Gasteiger partial charge in [-0.25, -0.2) is 4.98 Å². The molecule has 9 nitrogen and oxygen atoms in total. The fraction of sp³-hybridized carbons (Fsp3) is 0.192. The summed E-state index contributed by atoms with van der Waals surface area (Å²) in [7, 11) is 0. The number of anilines is 1. The van der Waals surface area contributed by atoms with Gasteiger partial charge >= 0.3 is 6.18 Å². The molecule has 1 aromatic carbocycles. The lowest BCUT2D eigenvalue weighted by Crippen LogP contribution is -2.17. The molecule has 2 amide bonds. The van der Waals surface area contributed by atoms with Crippen molar-refractivity contribution in [3.8, 4) is 22.4 Å². The second-order valence-corrected chi connectivity index (χ2v) is 9.87. The maximum Gasteiger partial charge on any atom is 0.433 e. The molecule has 0 aliphatic heterocycles. The molecule has 5 aromatic rings. The fourth-order valence-electron chi connectivity index (χ4n) is 4.18. The molecule has 0 spiro atoms. The third kappa shape index (κ3) is 4.88. The zero-order valence-corrected chi connectivity index (χ0v) is 21.8. The van der Waals surface area contributed by atoms with Crippen LogP contribution in [0.1, 0.15) is 44.0 Å². The number of aryl methyl sites for hydroxylation is 3. The Morgan fingerprint density at radius 1 is 1.13 bits per heavy atom. The number of carbonyl (C=O) groups excluding carboxylic acids is 2. The second kappa shape index (κ2) is 9.66. The quantitative estimate of drug-likeness (QED) is 0.253. The molecule has 200 valence electrons. The van der Waals surface area contributed by atoms with Crippen molar-refractivity contribution in [3.05, 3.63) is 70.1 Å². The number of thiophene rings is 1. The van der Waals surface area contributed by atoms with Gasteiger partial charge in [0.25, 0.3) is 11.8 Å². The Morgan fingerprint density at radius 3 is 2.46 bits per heavy atom. The van der Waals surface area contributed by atoms with Gasteiger partial charge in [-0.15, -0.1) is 11.3 Å². The van der Waals surface area contributed by atoms with Crippen LogP contribution >= 0.6 is 11.3 Å². The normalized spacial score (nSPS) is 11.7. The van der Waals surface area contributed by atoms with Gasteiger partial charge in [0.15, 0.2) is 0 Å². The first-order chi connectivity index (χ1) is 18.5. The number of hydrogen-bond donors (Lipinski definition) is 3. The number of fused-ring (bicyclic) bond motifs is 1. The first-order valence-electron chi connectivity index (χ1n) is 11.8. The summed E-state index contributed by atoms with van der Waals surface area (Å²) in [5.41, 5.74) is 7.86. The number of pyridine rings is 1. The second-order valence-electron chi connectivity index (χ2n) is 8.87. The molecule has 0 aliphatic carbocycles. The van der Waals surface area contributed by atoms with E-state index in [4.69, 9.17) is 5.73 Å². The van der Waals surface area contributed by atoms with Crippen LogP contribution in [0.2, 0.25) is 0 Å². The molecule has 0 radical (unpaired) electrons. The molecule has 0 aliphatic rings. The van der Waals surface area contributed by atoms with E-state index in [1.165, 1.54) is 6.07 Å². The lowest BCUT2D eigenvalue weighted by atomic mass is 10.0. The maximum atomic E-state index is 13.8. The minimum absolute atomic E-state index is 0.0288. The highest BCUT2D eigenvalue weighted by molar-refractivity contribution is 7.21. The molecule has 4 aromatic heterocycles. The van der Waals surface area contributed by atoms with Gasteiger partial charge in [-0.1, -0.05) is 29.8 Å². The van der Waals surface area contributed by atoms with Crippen molar-refractivity contribution in [2.75, 3.05) is 5.32 Å². The van der Waals surface area contributed by atoms with Crippen LogP contribution in [0.15, 0.2) is 42.6 Å². The zero-order valence-electron chi connectivity index (χ0n) is 21.0. The summed E-state index contributed by atoms with van der Waals surface area (Å²) in [6, 6.07) is 9.97. The zero-order chi connectivity index (χ0) is 28.1. The topological polar surface area (TPSA) is 132 Å². The van der Waals surface area contributed by atoms with Crippen molar-refractivity contribution in [2.45, 2.75) is 33.5 Å². The molecule has 4 heterocycles. The molecule has 39 heavy (non-hydrogen) atoms. The Kier molecular flexibility index (Phi) is 6.46.